The van der Waals surface area contributed by atoms with E-state index >= 15 is 0 Å². The Morgan fingerprint density at radius 1 is 1.28 bits per heavy atom. The van der Waals surface area contributed by atoms with Crippen molar-refractivity contribution in [2.75, 3.05) is 25.0 Å². The minimum absolute atomic E-state index is 0. The molecule has 3 N–H and O–H groups in total. The van der Waals surface area contributed by atoms with Crippen molar-refractivity contribution in [2.45, 2.75) is 6.92 Å². The van der Waals surface area contributed by atoms with Crippen LogP contribution in [0.4, 0.5) is 5.00 Å². The second-order valence-electron chi connectivity index (χ2n) is 5.79. The van der Waals surface area contributed by atoms with Gasteiger partial charge in [-0.05, 0) is 30.7 Å². The van der Waals surface area contributed by atoms with Crippen LogP contribution in [0.2, 0.25) is 5.02 Å². The molecule has 1 aliphatic heterocycles. The lowest BCUT2D eigenvalue weighted by Crippen LogP contribution is -2.48. The van der Waals surface area contributed by atoms with Crippen molar-refractivity contribution in [3.8, 4) is 0 Å². The highest BCUT2D eigenvalue weighted by Gasteiger charge is 2.20. The van der Waals surface area contributed by atoms with E-state index in [2.05, 4.69) is 16.0 Å². The van der Waals surface area contributed by atoms with Gasteiger partial charge < -0.3 is 16.0 Å². The number of hydrogen-bond acceptors (Lipinski definition) is 4. The number of carbonyl (C=O) groups is 2. The molecule has 3 rings (SSSR count). The Balaban J connectivity index is 0.00000225. The van der Waals surface area contributed by atoms with Crippen molar-refractivity contribution in [3.63, 3.8) is 0 Å². The van der Waals surface area contributed by atoms with Crippen molar-refractivity contribution in [3.05, 3.63) is 51.4 Å². The Morgan fingerprint density at radius 3 is 2.64 bits per heavy atom. The fourth-order valence-corrected chi connectivity index (χ4v) is 3.61. The summed E-state index contributed by atoms with van der Waals surface area (Å²) in [6, 6.07) is 8.67. The van der Waals surface area contributed by atoms with Gasteiger partial charge in [0.15, 0.2) is 0 Å². The van der Waals surface area contributed by atoms with Crippen LogP contribution in [0, 0.1) is 12.8 Å². The van der Waals surface area contributed by atoms with Crippen LogP contribution < -0.4 is 16.0 Å². The first-order chi connectivity index (χ1) is 11.5. The summed E-state index contributed by atoms with van der Waals surface area (Å²) in [6.45, 7) is 4.43. The molecule has 1 aromatic carbocycles. The van der Waals surface area contributed by atoms with Gasteiger partial charge in [-0.3, -0.25) is 9.59 Å². The van der Waals surface area contributed by atoms with E-state index in [4.69, 9.17) is 11.6 Å². The van der Waals surface area contributed by atoms with Crippen LogP contribution in [0.3, 0.4) is 0 Å². The van der Waals surface area contributed by atoms with Crippen molar-refractivity contribution < 1.29 is 9.59 Å². The molecule has 1 saturated heterocycles. The van der Waals surface area contributed by atoms with Crippen LogP contribution in [0.25, 0.3) is 0 Å². The summed E-state index contributed by atoms with van der Waals surface area (Å²) < 4.78 is 0. The number of carbonyl (C=O) groups excluding carboxylic acids is 2. The number of rotatable bonds is 5. The zero-order valence-electron chi connectivity index (χ0n) is 13.6. The first kappa shape index (κ1) is 19.7. The highest BCUT2D eigenvalue weighted by Crippen LogP contribution is 2.27. The fraction of sp³-hybridized carbons (Fsp3) is 0.294. The Hall–Kier alpha value is -1.60. The molecule has 0 atom stereocenters. The number of anilines is 1. The molecular weight excluding hydrogens is 381 g/mol. The van der Waals surface area contributed by atoms with Crippen molar-refractivity contribution in [1.29, 1.82) is 0 Å². The Labute approximate surface area is 161 Å². The van der Waals surface area contributed by atoms with E-state index in [0.29, 0.717) is 32.9 Å². The molecule has 8 heteroatoms. The lowest BCUT2D eigenvalue weighted by Gasteiger charge is -2.26. The molecule has 2 aromatic rings. The standard InChI is InChI=1S/C17H18ClN3O2S.ClH/c1-10-6-14(21-16(22)12-4-2-3-5-13(12)18)24-15(10)17(23)20-9-11-7-19-8-11;/h2-6,11,19H,7-9H2,1H3,(H,20,23)(H,21,22);1H. The average molecular weight is 400 g/mol. The molecule has 1 fully saturated rings. The molecule has 0 unspecified atom stereocenters. The van der Waals surface area contributed by atoms with Gasteiger partial charge in [0.25, 0.3) is 11.8 Å². The lowest BCUT2D eigenvalue weighted by molar-refractivity contribution is 0.0945. The highest BCUT2D eigenvalue weighted by molar-refractivity contribution is 7.18. The molecule has 134 valence electrons. The maximum atomic E-state index is 12.3. The molecule has 0 saturated carbocycles. The quantitative estimate of drug-likeness (QED) is 0.721. The number of halogens is 2. The van der Waals surface area contributed by atoms with Crippen molar-refractivity contribution in [2.24, 2.45) is 5.92 Å². The molecule has 1 aromatic heterocycles. The summed E-state index contributed by atoms with van der Waals surface area (Å²) in [5.74, 6) is 0.130. The molecule has 5 nitrogen and oxygen atoms in total. The zero-order chi connectivity index (χ0) is 17.1. The van der Waals surface area contributed by atoms with Gasteiger partial charge in [0.1, 0.15) is 0 Å². The maximum Gasteiger partial charge on any atom is 0.261 e. The number of aryl methyl sites for hydroxylation is 1. The number of hydrogen-bond donors (Lipinski definition) is 3. The summed E-state index contributed by atoms with van der Waals surface area (Å²) in [5, 5.41) is 9.96. The number of nitrogens with one attached hydrogen (secondary N) is 3. The van der Waals surface area contributed by atoms with Crippen LogP contribution in [0.5, 0.6) is 0 Å². The van der Waals surface area contributed by atoms with Crippen molar-refractivity contribution in [1.82, 2.24) is 10.6 Å². The van der Waals surface area contributed by atoms with E-state index in [9.17, 15) is 9.59 Å². The second-order valence-corrected chi connectivity index (χ2v) is 7.25. The number of thiophene rings is 1. The molecular formula is C17H19Cl2N3O2S. The SMILES string of the molecule is Cc1cc(NC(=O)c2ccccc2Cl)sc1C(=O)NCC1CNC1.Cl. The van der Waals surface area contributed by atoms with Crippen LogP contribution >= 0.6 is 35.3 Å². The monoisotopic (exact) mass is 399 g/mol. The van der Waals surface area contributed by atoms with Gasteiger partial charge in [0, 0.05) is 25.6 Å². The average Bonchev–Trinajstić information content (AvgIpc) is 2.86. The normalized spacial score (nSPS) is 13.5. The first-order valence-corrected chi connectivity index (χ1v) is 8.89. The van der Waals surface area contributed by atoms with Crippen molar-refractivity contribution >= 4 is 52.2 Å². The molecule has 0 radical (unpaired) electrons. The van der Waals surface area contributed by atoms with E-state index in [-0.39, 0.29) is 24.2 Å². The maximum absolute atomic E-state index is 12.3. The third-order valence-electron chi connectivity index (χ3n) is 3.90. The van der Waals surface area contributed by atoms with Crippen LogP contribution in [-0.2, 0) is 0 Å². The predicted octanol–water partition coefficient (Wildman–Crippen LogP) is 3.33. The fourth-order valence-electron chi connectivity index (χ4n) is 2.40. The highest BCUT2D eigenvalue weighted by atomic mass is 35.5. The topological polar surface area (TPSA) is 70.2 Å². The molecule has 0 aliphatic carbocycles. The van der Waals surface area contributed by atoms with Gasteiger partial charge in [0.2, 0.25) is 0 Å². The minimum atomic E-state index is -0.283. The molecule has 2 heterocycles. The van der Waals surface area contributed by atoms with Gasteiger partial charge in [-0.1, -0.05) is 23.7 Å². The van der Waals surface area contributed by atoms with Gasteiger partial charge in [0.05, 0.1) is 20.5 Å². The number of benzene rings is 1. The first-order valence-electron chi connectivity index (χ1n) is 7.70. The molecule has 25 heavy (non-hydrogen) atoms. The summed E-state index contributed by atoms with van der Waals surface area (Å²) in [4.78, 5) is 25.2. The molecule has 0 spiro atoms. The van der Waals surface area contributed by atoms with Gasteiger partial charge in [-0.25, -0.2) is 0 Å². The summed E-state index contributed by atoms with van der Waals surface area (Å²) in [5.41, 5.74) is 1.26. The third kappa shape index (κ3) is 4.73. The van der Waals surface area contributed by atoms with E-state index in [0.717, 1.165) is 18.7 Å². The largest absolute Gasteiger partial charge is 0.351 e. The van der Waals surface area contributed by atoms with Gasteiger partial charge in [-0.2, -0.15) is 0 Å². The summed E-state index contributed by atoms with van der Waals surface area (Å²) >= 11 is 7.31. The van der Waals surface area contributed by atoms with Gasteiger partial charge >= 0.3 is 0 Å². The lowest BCUT2D eigenvalue weighted by atomic mass is 10.0. The van der Waals surface area contributed by atoms with E-state index in [1.165, 1.54) is 11.3 Å². The van der Waals surface area contributed by atoms with Crippen LogP contribution in [0.1, 0.15) is 25.6 Å². The second kappa shape index (κ2) is 8.67. The van der Waals surface area contributed by atoms with Gasteiger partial charge in [-0.15, -0.1) is 23.7 Å². The Kier molecular flexibility index (Phi) is 6.84. The minimum Gasteiger partial charge on any atom is -0.351 e. The molecule has 2 amide bonds. The number of amides is 2. The van der Waals surface area contributed by atoms with E-state index < -0.39 is 0 Å². The van der Waals surface area contributed by atoms with E-state index in [1.807, 2.05) is 6.92 Å². The molecule has 1 aliphatic rings. The predicted molar refractivity (Wildman–Crippen MR) is 104 cm³/mol. The Bertz CT molecular complexity index is 775. The third-order valence-corrected chi connectivity index (χ3v) is 5.38. The summed E-state index contributed by atoms with van der Waals surface area (Å²) in [6.07, 6.45) is 0. The van der Waals surface area contributed by atoms with Crippen LogP contribution in [-0.4, -0.2) is 31.4 Å². The smallest absolute Gasteiger partial charge is 0.261 e. The molecule has 0 bridgehead atoms. The summed E-state index contributed by atoms with van der Waals surface area (Å²) in [7, 11) is 0. The Morgan fingerprint density at radius 2 is 2.00 bits per heavy atom. The van der Waals surface area contributed by atoms with E-state index in [1.54, 1.807) is 30.3 Å². The zero-order valence-corrected chi connectivity index (χ0v) is 16.0. The van der Waals surface area contributed by atoms with Crippen LogP contribution in [0.15, 0.2) is 30.3 Å².